The van der Waals surface area contributed by atoms with E-state index < -0.39 is 5.25 Å². The normalized spacial score (nSPS) is 11.6. The van der Waals surface area contributed by atoms with E-state index in [2.05, 4.69) is 15.5 Å². The molecule has 0 aliphatic heterocycles. The minimum absolute atomic E-state index is 0.171. The van der Waals surface area contributed by atoms with Crippen molar-refractivity contribution >= 4 is 23.4 Å². The Morgan fingerprint density at radius 3 is 2.44 bits per heavy atom. The van der Waals surface area contributed by atoms with Crippen LogP contribution in [0.5, 0.6) is 11.5 Å². The van der Waals surface area contributed by atoms with E-state index in [9.17, 15) is 4.79 Å². The van der Waals surface area contributed by atoms with Crippen LogP contribution in [0.4, 0.5) is 5.69 Å². The number of aryl methyl sites for hydroxylation is 2. The van der Waals surface area contributed by atoms with E-state index in [1.54, 1.807) is 26.4 Å². The highest BCUT2D eigenvalue weighted by molar-refractivity contribution is 8.00. The topological polar surface area (TPSA) is 86.5 Å². The van der Waals surface area contributed by atoms with Crippen molar-refractivity contribution in [1.82, 2.24) is 10.2 Å². The predicted molar refractivity (Wildman–Crippen MR) is 132 cm³/mol. The number of amides is 1. The summed E-state index contributed by atoms with van der Waals surface area (Å²) >= 11 is 1.20. The Morgan fingerprint density at radius 2 is 1.71 bits per heavy atom. The first-order valence-electron chi connectivity index (χ1n) is 10.6. The Hall–Kier alpha value is -3.78. The molecule has 0 radical (unpaired) electrons. The van der Waals surface area contributed by atoms with Gasteiger partial charge in [-0.05, 0) is 66.6 Å². The van der Waals surface area contributed by atoms with Crippen LogP contribution in [0.1, 0.15) is 21.9 Å². The first-order chi connectivity index (χ1) is 16.5. The lowest BCUT2D eigenvalue weighted by atomic mass is 10.1. The maximum atomic E-state index is 13.4. The zero-order chi connectivity index (χ0) is 24.1. The fraction of sp³-hybridized carbons (Fsp3) is 0.192. The van der Waals surface area contributed by atoms with Crippen LogP contribution in [0, 0.1) is 13.8 Å². The second kappa shape index (κ2) is 10.4. The molecular formula is C26H25N3O4S. The molecule has 0 saturated heterocycles. The molecule has 0 bridgehead atoms. The number of anilines is 1. The van der Waals surface area contributed by atoms with Crippen LogP contribution in [-0.4, -0.2) is 30.3 Å². The Labute approximate surface area is 202 Å². The Balaban J connectivity index is 1.60. The van der Waals surface area contributed by atoms with Crippen molar-refractivity contribution in [3.8, 4) is 23.0 Å². The maximum absolute atomic E-state index is 13.4. The first-order valence-corrected chi connectivity index (χ1v) is 11.5. The predicted octanol–water partition coefficient (Wildman–Crippen LogP) is 5.84. The summed E-state index contributed by atoms with van der Waals surface area (Å²) in [4.78, 5) is 13.4. The van der Waals surface area contributed by atoms with Gasteiger partial charge < -0.3 is 19.2 Å². The van der Waals surface area contributed by atoms with Gasteiger partial charge in [-0.3, -0.25) is 4.79 Å². The number of benzene rings is 3. The number of carbonyl (C=O) groups is 1. The van der Waals surface area contributed by atoms with Gasteiger partial charge in [-0.15, -0.1) is 10.2 Å². The quantitative estimate of drug-likeness (QED) is 0.320. The Morgan fingerprint density at radius 1 is 0.941 bits per heavy atom. The van der Waals surface area contributed by atoms with E-state index in [-0.39, 0.29) is 11.1 Å². The summed E-state index contributed by atoms with van der Waals surface area (Å²) in [5.41, 5.74) is 4.36. The number of hydrogen-bond donors (Lipinski definition) is 1. The molecule has 1 heterocycles. The van der Waals surface area contributed by atoms with Gasteiger partial charge in [0, 0.05) is 11.3 Å². The van der Waals surface area contributed by atoms with Crippen LogP contribution >= 0.6 is 11.8 Å². The van der Waals surface area contributed by atoms with Gasteiger partial charge in [0.05, 0.1) is 14.2 Å². The van der Waals surface area contributed by atoms with E-state index in [0.717, 1.165) is 22.4 Å². The summed E-state index contributed by atoms with van der Waals surface area (Å²) in [5.74, 6) is 1.32. The Kier molecular flexibility index (Phi) is 7.18. The average Bonchev–Trinajstić information content (AvgIpc) is 3.33. The zero-order valence-corrected chi connectivity index (χ0v) is 20.2. The third-order valence-corrected chi connectivity index (χ3v) is 6.34. The van der Waals surface area contributed by atoms with Crippen LogP contribution < -0.4 is 14.8 Å². The molecule has 1 aromatic heterocycles. The number of nitrogens with one attached hydrogen (secondary N) is 1. The van der Waals surface area contributed by atoms with Crippen LogP contribution in [-0.2, 0) is 4.79 Å². The summed E-state index contributed by atoms with van der Waals surface area (Å²) in [6.45, 7) is 3.96. The third-order valence-electron chi connectivity index (χ3n) is 5.25. The van der Waals surface area contributed by atoms with E-state index in [0.29, 0.717) is 23.0 Å². The molecule has 4 aromatic rings. The lowest BCUT2D eigenvalue weighted by Crippen LogP contribution is -2.19. The Bertz CT molecular complexity index is 1290. The maximum Gasteiger partial charge on any atom is 0.277 e. The third kappa shape index (κ3) is 5.23. The van der Waals surface area contributed by atoms with Gasteiger partial charge in [-0.2, -0.15) is 0 Å². The van der Waals surface area contributed by atoms with Crippen molar-refractivity contribution in [3.05, 3.63) is 83.4 Å². The molecule has 0 aliphatic carbocycles. The number of thioether (sulfide) groups is 1. The zero-order valence-electron chi connectivity index (χ0n) is 19.4. The summed E-state index contributed by atoms with van der Waals surface area (Å²) in [6, 6.07) is 20.8. The van der Waals surface area contributed by atoms with Crippen LogP contribution in [0.3, 0.4) is 0 Å². The molecule has 0 aliphatic rings. The average molecular weight is 476 g/mol. The van der Waals surface area contributed by atoms with Crippen molar-refractivity contribution in [1.29, 1.82) is 0 Å². The van der Waals surface area contributed by atoms with E-state index in [1.807, 2.05) is 68.4 Å². The van der Waals surface area contributed by atoms with E-state index >= 15 is 0 Å². The van der Waals surface area contributed by atoms with Crippen LogP contribution in [0.15, 0.2) is 76.4 Å². The number of rotatable bonds is 8. The molecule has 34 heavy (non-hydrogen) atoms. The van der Waals surface area contributed by atoms with E-state index in [1.165, 1.54) is 11.8 Å². The molecule has 0 spiro atoms. The molecule has 8 heteroatoms. The second-order valence-electron chi connectivity index (χ2n) is 7.66. The van der Waals surface area contributed by atoms with Gasteiger partial charge in [0.15, 0.2) is 11.5 Å². The van der Waals surface area contributed by atoms with Crippen molar-refractivity contribution in [2.75, 3.05) is 19.5 Å². The molecule has 4 rings (SSSR count). The van der Waals surface area contributed by atoms with Crippen molar-refractivity contribution in [3.63, 3.8) is 0 Å². The van der Waals surface area contributed by atoms with Crippen molar-refractivity contribution in [2.24, 2.45) is 0 Å². The highest BCUT2D eigenvalue weighted by Crippen LogP contribution is 2.38. The number of ether oxygens (including phenoxy) is 2. The van der Waals surface area contributed by atoms with Crippen LogP contribution in [0.2, 0.25) is 0 Å². The number of carbonyl (C=O) groups excluding carboxylic acids is 1. The molecule has 0 fully saturated rings. The highest BCUT2D eigenvalue weighted by atomic mass is 32.2. The molecule has 174 valence electrons. The van der Waals surface area contributed by atoms with Gasteiger partial charge in [-0.1, -0.05) is 42.5 Å². The molecule has 0 unspecified atom stereocenters. The molecule has 3 aromatic carbocycles. The lowest BCUT2D eigenvalue weighted by molar-refractivity contribution is -0.115. The summed E-state index contributed by atoms with van der Waals surface area (Å²) in [7, 11) is 3.14. The lowest BCUT2D eigenvalue weighted by Gasteiger charge is -2.16. The standard InChI is InChI=1S/C26H25N3O4S/c1-16-10-11-17(2)20(14-16)27-24(30)23(18-8-6-5-7-9-18)34-26-29-28-25(33-26)19-12-13-21(31-3)22(15-19)32-4/h5-15,23H,1-4H3,(H,27,30)/t23-/m0/s1. The van der Waals surface area contributed by atoms with E-state index in [4.69, 9.17) is 13.9 Å². The van der Waals surface area contributed by atoms with Gasteiger partial charge in [0.25, 0.3) is 5.22 Å². The second-order valence-corrected chi connectivity index (χ2v) is 8.72. The van der Waals surface area contributed by atoms with Gasteiger partial charge in [-0.25, -0.2) is 0 Å². The number of aromatic nitrogens is 2. The number of methoxy groups -OCH3 is 2. The largest absolute Gasteiger partial charge is 0.493 e. The fourth-order valence-corrected chi connectivity index (χ4v) is 4.29. The highest BCUT2D eigenvalue weighted by Gasteiger charge is 2.26. The smallest absolute Gasteiger partial charge is 0.277 e. The first kappa shape index (κ1) is 23.4. The molecule has 7 nitrogen and oxygen atoms in total. The van der Waals surface area contributed by atoms with Crippen molar-refractivity contribution < 1.29 is 18.7 Å². The minimum atomic E-state index is -0.584. The molecule has 1 N–H and O–H groups in total. The fourth-order valence-electron chi connectivity index (χ4n) is 3.41. The van der Waals surface area contributed by atoms with Gasteiger partial charge >= 0.3 is 0 Å². The molecule has 1 atom stereocenters. The summed E-state index contributed by atoms with van der Waals surface area (Å²) < 4.78 is 16.5. The van der Waals surface area contributed by atoms with Crippen molar-refractivity contribution in [2.45, 2.75) is 24.3 Å². The number of nitrogens with zero attached hydrogens (tertiary/aromatic N) is 2. The van der Waals surface area contributed by atoms with Crippen LogP contribution in [0.25, 0.3) is 11.5 Å². The summed E-state index contributed by atoms with van der Waals surface area (Å²) in [6.07, 6.45) is 0. The minimum Gasteiger partial charge on any atom is -0.493 e. The monoisotopic (exact) mass is 475 g/mol. The summed E-state index contributed by atoms with van der Waals surface area (Å²) in [5, 5.41) is 11.1. The molecular weight excluding hydrogens is 450 g/mol. The van der Waals surface area contributed by atoms with Gasteiger partial charge in [0.2, 0.25) is 11.8 Å². The SMILES string of the molecule is COc1ccc(-c2nnc(S[C@H](C(=O)Nc3cc(C)ccc3C)c3ccccc3)o2)cc1OC. The number of hydrogen-bond acceptors (Lipinski definition) is 7. The molecule has 1 amide bonds. The molecule has 0 saturated carbocycles. The van der Waals surface area contributed by atoms with Gasteiger partial charge in [0.1, 0.15) is 5.25 Å².